The highest BCUT2D eigenvalue weighted by Crippen LogP contribution is 2.20. The van der Waals surface area contributed by atoms with E-state index in [9.17, 15) is 0 Å². The fourth-order valence-corrected chi connectivity index (χ4v) is 2.41. The van der Waals surface area contributed by atoms with Crippen LogP contribution in [0.4, 0.5) is 0 Å². The molecule has 1 aromatic carbocycles. The molecule has 3 rings (SSSR count). The maximum absolute atomic E-state index is 5.78. The molecule has 92 valence electrons. The summed E-state index contributed by atoms with van der Waals surface area (Å²) in [6, 6.07) is 10.6. The summed E-state index contributed by atoms with van der Waals surface area (Å²) in [6.45, 7) is 4.89. The Hall–Kier alpha value is -0.900. The zero-order valence-electron chi connectivity index (χ0n) is 10.0. The van der Waals surface area contributed by atoms with Crippen molar-refractivity contribution in [2.75, 3.05) is 26.3 Å². The summed E-state index contributed by atoms with van der Waals surface area (Å²) in [5.41, 5.74) is 1.39. The lowest BCUT2D eigenvalue weighted by molar-refractivity contribution is -0.0375. The highest BCUT2D eigenvalue weighted by Gasteiger charge is 2.30. The molecule has 0 aromatic heterocycles. The molecular weight excluding hydrogens is 214 g/mol. The average molecular weight is 233 g/mol. The molecule has 0 N–H and O–H groups in total. The first-order valence-electron chi connectivity index (χ1n) is 6.39. The van der Waals surface area contributed by atoms with E-state index in [-0.39, 0.29) is 0 Å². The monoisotopic (exact) mass is 233 g/mol. The third-order valence-electron chi connectivity index (χ3n) is 3.40. The molecule has 0 radical (unpaired) electrons. The van der Waals surface area contributed by atoms with E-state index in [4.69, 9.17) is 9.47 Å². The quantitative estimate of drug-likeness (QED) is 0.740. The summed E-state index contributed by atoms with van der Waals surface area (Å²) in [5, 5.41) is 0. The van der Waals surface area contributed by atoms with Gasteiger partial charge in [-0.3, -0.25) is 4.90 Å². The molecular formula is C14H19NO2. The Morgan fingerprint density at radius 1 is 1.12 bits per heavy atom. The van der Waals surface area contributed by atoms with Crippen LogP contribution in [0.15, 0.2) is 30.3 Å². The number of rotatable bonds is 4. The van der Waals surface area contributed by atoms with Crippen molar-refractivity contribution in [3.05, 3.63) is 35.9 Å². The molecule has 0 amide bonds. The van der Waals surface area contributed by atoms with Crippen molar-refractivity contribution in [2.45, 2.75) is 25.2 Å². The van der Waals surface area contributed by atoms with Crippen LogP contribution in [0.3, 0.4) is 0 Å². The molecule has 1 aromatic rings. The summed E-state index contributed by atoms with van der Waals surface area (Å²) >= 11 is 0. The van der Waals surface area contributed by atoms with Crippen molar-refractivity contribution in [1.82, 2.24) is 4.90 Å². The summed E-state index contributed by atoms with van der Waals surface area (Å²) in [7, 11) is 0. The Labute approximate surface area is 102 Å². The third kappa shape index (κ3) is 3.28. The van der Waals surface area contributed by atoms with Crippen LogP contribution in [0.5, 0.6) is 0 Å². The Morgan fingerprint density at radius 3 is 2.71 bits per heavy atom. The van der Waals surface area contributed by atoms with Gasteiger partial charge in [0.1, 0.15) is 0 Å². The fraction of sp³-hybridized carbons (Fsp3) is 0.571. The minimum Gasteiger partial charge on any atom is -0.375 e. The second-order valence-electron chi connectivity index (χ2n) is 4.90. The van der Waals surface area contributed by atoms with E-state index in [0.29, 0.717) is 12.2 Å². The summed E-state index contributed by atoms with van der Waals surface area (Å²) < 4.78 is 11.0. The first-order chi connectivity index (χ1) is 8.40. The van der Waals surface area contributed by atoms with Crippen molar-refractivity contribution < 1.29 is 9.47 Å². The molecule has 0 bridgehead atoms. The van der Waals surface area contributed by atoms with Gasteiger partial charge in [-0.05, 0) is 5.56 Å². The van der Waals surface area contributed by atoms with E-state index in [2.05, 4.69) is 35.2 Å². The minimum atomic E-state index is 0.361. The topological polar surface area (TPSA) is 25.0 Å². The van der Waals surface area contributed by atoms with E-state index in [1.54, 1.807) is 0 Å². The second-order valence-corrected chi connectivity index (χ2v) is 4.90. The van der Waals surface area contributed by atoms with E-state index >= 15 is 0 Å². The largest absolute Gasteiger partial charge is 0.375 e. The van der Waals surface area contributed by atoms with Gasteiger partial charge in [0, 0.05) is 26.1 Å². The van der Waals surface area contributed by atoms with Crippen molar-refractivity contribution in [3.8, 4) is 0 Å². The molecule has 2 saturated heterocycles. The van der Waals surface area contributed by atoms with Crippen LogP contribution in [0.1, 0.15) is 12.0 Å². The molecule has 0 saturated carbocycles. The number of nitrogens with zero attached hydrogens (tertiary/aromatic N) is 1. The number of hydrogen-bond donors (Lipinski definition) is 0. The maximum Gasteiger partial charge on any atom is 0.0835 e. The Bertz CT molecular complexity index is 350. The summed E-state index contributed by atoms with van der Waals surface area (Å²) in [6.07, 6.45) is 1.89. The van der Waals surface area contributed by atoms with Crippen LogP contribution in [-0.2, 0) is 16.0 Å². The number of benzene rings is 1. The fourth-order valence-electron chi connectivity index (χ4n) is 2.41. The van der Waals surface area contributed by atoms with Gasteiger partial charge < -0.3 is 9.47 Å². The van der Waals surface area contributed by atoms with Crippen LogP contribution < -0.4 is 0 Å². The van der Waals surface area contributed by atoms with Gasteiger partial charge in [0.05, 0.1) is 25.4 Å². The van der Waals surface area contributed by atoms with Gasteiger partial charge in [0.25, 0.3) is 0 Å². The minimum absolute atomic E-state index is 0.361. The molecule has 2 unspecified atom stereocenters. The van der Waals surface area contributed by atoms with E-state index in [1.807, 2.05) is 0 Å². The van der Waals surface area contributed by atoms with Crippen molar-refractivity contribution in [2.24, 2.45) is 0 Å². The average Bonchev–Trinajstić information content (AvgIpc) is 3.15. The van der Waals surface area contributed by atoms with Crippen molar-refractivity contribution in [3.63, 3.8) is 0 Å². The molecule has 2 fully saturated rings. The first-order valence-corrected chi connectivity index (χ1v) is 6.39. The molecule has 17 heavy (non-hydrogen) atoms. The summed E-state index contributed by atoms with van der Waals surface area (Å²) in [5.74, 6) is 0. The highest BCUT2D eigenvalue weighted by atomic mass is 16.6. The maximum atomic E-state index is 5.78. The van der Waals surface area contributed by atoms with Gasteiger partial charge in [-0.2, -0.15) is 0 Å². The van der Waals surface area contributed by atoms with Gasteiger partial charge in [-0.15, -0.1) is 0 Å². The van der Waals surface area contributed by atoms with Crippen LogP contribution in [0.2, 0.25) is 0 Å². The highest BCUT2D eigenvalue weighted by molar-refractivity contribution is 5.14. The molecule has 2 heterocycles. The van der Waals surface area contributed by atoms with Crippen molar-refractivity contribution in [1.29, 1.82) is 0 Å². The smallest absolute Gasteiger partial charge is 0.0835 e. The number of hydrogen-bond acceptors (Lipinski definition) is 3. The molecule has 0 aliphatic carbocycles. The van der Waals surface area contributed by atoms with Crippen molar-refractivity contribution >= 4 is 0 Å². The standard InChI is InChI=1S/C14H19NO2/c1-2-4-12(5-3-1)9-15-6-7-16-13(10-15)8-14-11-17-14/h1-5,13-14H,6-11H2. The Balaban J connectivity index is 1.52. The second kappa shape index (κ2) is 5.17. The SMILES string of the molecule is c1ccc(CN2CCOC(CC3CO3)C2)cc1. The zero-order valence-corrected chi connectivity index (χ0v) is 10.0. The molecule has 2 aliphatic rings. The van der Waals surface area contributed by atoms with Crippen LogP contribution in [0.25, 0.3) is 0 Å². The van der Waals surface area contributed by atoms with Crippen LogP contribution >= 0.6 is 0 Å². The third-order valence-corrected chi connectivity index (χ3v) is 3.40. The molecule has 2 atom stereocenters. The van der Waals surface area contributed by atoms with E-state index in [1.165, 1.54) is 5.56 Å². The van der Waals surface area contributed by atoms with Gasteiger partial charge >= 0.3 is 0 Å². The number of ether oxygens (including phenoxy) is 2. The number of morpholine rings is 1. The zero-order chi connectivity index (χ0) is 11.5. The van der Waals surface area contributed by atoms with Gasteiger partial charge in [-0.25, -0.2) is 0 Å². The predicted octanol–water partition coefficient (Wildman–Crippen LogP) is 1.68. The Morgan fingerprint density at radius 2 is 1.94 bits per heavy atom. The molecule has 3 heteroatoms. The lowest BCUT2D eigenvalue weighted by Crippen LogP contribution is -2.42. The lowest BCUT2D eigenvalue weighted by Gasteiger charge is -2.32. The van der Waals surface area contributed by atoms with Gasteiger partial charge in [0.15, 0.2) is 0 Å². The lowest BCUT2D eigenvalue weighted by atomic mass is 10.1. The van der Waals surface area contributed by atoms with E-state index in [0.717, 1.165) is 39.3 Å². The first kappa shape index (κ1) is 11.2. The van der Waals surface area contributed by atoms with Crippen LogP contribution in [-0.4, -0.2) is 43.4 Å². The Kier molecular flexibility index (Phi) is 3.41. The summed E-state index contributed by atoms with van der Waals surface area (Å²) in [4.78, 5) is 2.48. The molecule has 2 aliphatic heterocycles. The van der Waals surface area contributed by atoms with E-state index < -0.39 is 0 Å². The predicted molar refractivity (Wildman–Crippen MR) is 65.8 cm³/mol. The normalized spacial score (nSPS) is 29.2. The number of epoxide rings is 1. The van der Waals surface area contributed by atoms with Gasteiger partial charge in [0.2, 0.25) is 0 Å². The molecule has 3 nitrogen and oxygen atoms in total. The van der Waals surface area contributed by atoms with Gasteiger partial charge in [-0.1, -0.05) is 30.3 Å². The molecule has 0 spiro atoms. The van der Waals surface area contributed by atoms with Crippen LogP contribution in [0, 0.1) is 0 Å².